The molecule has 2 heterocycles. The standard InChI is InChI=1S/C9H13O4.C6H9O4.C6H12O3.C3H3O2.3Y/c1-4-8(10)11-5-7-6-12-9(2,3)13-7;1-2-6(9)10-4-5(8)3-7;1-6(2)8-4-5(3-7)9-6;1-2-3(4)5;;;/h1,4,7H,5-6H2,2-3H3;1-2,5,7-8H,3-4H2;5,7H,3-4H2,1-2H3;1-2H,(H,4,5);;;/q2*-1;;-1;;;. The predicted molar refractivity (Wildman–Crippen MR) is 126 cm³/mol. The van der Waals surface area contributed by atoms with E-state index in [1.165, 1.54) is 0 Å². The molecule has 0 bridgehead atoms. The van der Waals surface area contributed by atoms with E-state index in [4.69, 9.17) is 57.3 Å². The second kappa shape index (κ2) is 28.4. The molecule has 2 aliphatic heterocycles. The second-order valence-corrected chi connectivity index (χ2v) is 8.02. The van der Waals surface area contributed by atoms with Gasteiger partial charge in [0.2, 0.25) is 0 Å². The van der Waals surface area contributed by atoms with Crippen molar-refractivity contribution in [2.24, 2.45) is 0 Å². The summed E-state index contributed by atoms with van der Waals surface area (Å²) in [6.45, 7) is 21.9. The Balaban J connectivity index is -0.000000138. The van der Waals surface area contributed by atoms with E-state index in [1.807, 2.05) is 27.7 Å². The Morgan fingerprint density at radius 3 is 1.52 bits per heavy atom. The molecular formula is C24H37O13Y3-3. The van der Waals surface area contributed by atoms with Crippen LogP contribution in [0.5, 0.6) is 0 Å². The van der Waals surface area contributed by atoms with Crippen molar-refractivity contribution in [3.05, 3.63) is 38.0 Å². The van der Waals surface area contributed by atoms with E-state index in [0.29, 0.717) is 19.3 Å². The number of hydrogen-bond acceptors (Lipinski definition) is 12. The van der Waals surface area contributed by atoms with Crippen LogP contribution in [0.2, 0.25) is 0 Å². The van der Waals surface area contributed by atoms with Gasteiger partial charge < -0.3 is 63.2 Å². The number of ether oxygens (including phenoxy) is 6. The van der Waals surface area contributed by atoms with Gasteiger partial charge in [0.1, 0.15) is 18.3 Å². The molecule has 0 aliphatic carbocycles. The zero-order valence-corrected chi connectivity index (χ0v) is 31.6. The fourth-order valence-electron chi connectivity index (χ4n) is 2.20. The minimum atomic E-state index is -1.09. The number of carbonyl (C=O) groups excluding carboxylic acids is 2. The van der Waals surface area contributed by atoms with Crippen LogP contribution in [0.1, 0.15) is 27.7 Å². The Kier molecular flexibility index (Phi) is 35.8. The second-order valence-electron chi connectivity index (χ2n) is 8.02. The molecule has 0 amide bonds. The van der Waals surface area contributed by atoms with Crippen LogP contribution in [0.25, 0.3) is 0 Å². The summed E-state index contributed by atoms with van der Waals surface area (Å²) in [5.41, 5.74) is 0. The van der Waals surface area contributed by atoms with E-state index >= 15 is 0 Å². The van der Waals surface area contributed by atoms with Gasteiger partial charge in [-0.15, -0.1) is 0 Å². The van der Waals surface area contributed by atoms with Gasteiger partial charge >= 0.3 is 0 Å². The van der Waals surface area contributed by atoms with Crippen LogP contribution >= 0.6 is 0 Å². The molecule has 2 rings (SSSR count). The number of rotatable bonds is 9. The molecule has 3 radical (unpaired) electrons. The first-order chi connectivity index (χ1) is 17.1. The number of aliphatic carboxylic acids is 1. The Labute approximate surface area is 311 Å². The van der Waals surface area contributed by atoms with Crippen LogP contribution < -0.4 is 0 Å². The van der Waals surface area contributed by atoms with Crippen LogP contribution in [0.4, 0.5) is 0 Å². The normalized spacial score (nSPS) is 19.6. The summed E-state index contributed by atoms with van der Waals surface area (Å²) in [5, 5.41) is 33.0. The minimum Gasteiger partial charge on any atom is -0.562 e. The summed E-state index contributed by atoms with van der Waals surface area (Å²) in [6, 6.07) is 0. The third-order valence-corrected chi connectivity index (χ3v) is 3.79. The monoisotopic (exact) mass is 800 g/mol. The van der Waals surface area contributed by atoms with Crippen molar-refractivity contribution in [2.45, 2.75) is 57.6 Å². The van der Waals surface area contributed by atoms with Crippen LogP contribution in [-0.2, 0) is 141 Å². The van der Waals surface area contributed by atoms with Crippen LogP contribution in [0.3, 0.4) is 0 Å². The van der Waals surface area contributed by atoms with E-state index in [2.05, 4.69) is 11.3 Å². The molecule has 0 spiro atoms. The first kappa shape index (κ1) is 50.3. The molecule has 3 unspecified atom stereocenters. The van der Waals surface area contributed by atoms with Gasteiger partial charge in [-0.2, -0.15) is 18.2 Å². The van der Waals surface area contributed by atoms with Crippen LogP contribution in [-0.4, -0.2) is 108 Å². The number of carboxylic acid groups (broad SMARTS) is 1. The van der Waals surface area contributed by atoms with Gasteiger partial charge in [0.05, 0.1) is 39.6 Å². The first-order valence-corrected chi connectivity index (χ1v) is 10.9. The summed E-state index contributed by atoms with van der Waals surface area (Å²) in [6.07, 6.45) is 0.855. The van der Waals surface area contributed by atoms with Gasteiger partial charge in [0, 0.05) is 98.1 Å². The van der Waals surface area contributed by atoms with Crippen molar-refractivity contribution in [3.8, 4) is 0 Å². The molecule has 16 heteroatoms. The fraction of sp³-hybridized carbons (Fsp3) is 0.625. The third kappa shape index (κ3) is 30.1. The molecule has 2 aliphatic rings. The summed E-state index contributed by atoms with van der Waals surface area (Å²) in [7, 11) is 0. The van der Waals surface area contributed by atoms with Crippen molar-refractivity contribution in [2.75, 3.05) is 39.6 Å². The van der Waals surface area contributed by atoms with Gasteiger partial charge in [0.25, 0.3) is 0 Å². The van der Waals surface area contributed by atoms with Crippen molar-refractivity contribution in [1.82, 2.24) is 0 Å². The topological polar surface area (TPSA) is 188 Å². The maximum absolute atomic E-state index is 10.6. The van der Waals surface area contributed by atoms with Gasteiger partial charge in [-0.05, 0) is 27.7 Å². The number of carbonyl (C=O) groups is 3. The summed E-state index contributed by atoms with van der Waals surface area (Å²) >= 11 is 0. The van der Waals surface area contributed by atoms with Gasteiger partial charge in [0.15, 0.2) is 29.5 Å². The molecule has 0 aromatic rings. The van der Waals surface area contributed by atoms with Gasteiger partial charge in [-0.3, -0.25) is 19.7 Å². The van der Waals surface area contributed by atoms with Crippen LogP contribution in [0, 0.1) is 19.7 Å². The number of carboxylic acids is 1. The van der Waals surface area contributed by atoms with Crippen LogP contribution in [0.15, 0.2) is 18.2 Å². The first-order valence-electron chi connectivity index (χ1n) is 10.9. The van der Waals surface area contributed by atoms with Gasteiger partial charge in [-0.1, -0.05) is 0 Å². The molecular weight excluding hydrogens is 763 g/mol. The molecule has 3 atom stereocenters. The number of esters is 2. The average molecular weight is 800 g/mol. The molecule has 4 N–H and O–H groups in total. The third-order valence-electron chi connectivity index (χ3n) is 3.79. The Bertz CT molecular complexity index is 733. The summed E-state index contributed by atoms with van der Waals surface area (Å²) in [5.74, 6) is -3.43. The largest absolute Gasteiger partial charge is 0.562 e. The molecule has 0 aromatic heterocycles. The van der Waals surface area contributed by atoms with E-state index in [-0.39, 0.29) is 130 Å². The number of aliphatic hydroxyl groups is 3. The quantitative estimate of drug-likeness (QED) is 0.136. The van der Waals surface area contributed by atoms with E-state index in [1.54, 1.807) is 0 Å². The number of aliphatic hydroxyl groups excluding tert-OH is 3. The van der Waals surface area contributed by atoms with E-state index in [0.717, 1.165) is 12.2 Å². The molecule has 0 saturated carbocycles. The SMILES string of the molecule is CC1(C)OCC(CO)O1.[CH-]=CC(=O)O.[CH-]=CC(=O)OCC(O)CO.[CH-]=CC(=O)OCC1COC(C)(C)O1.[Y].[Y].[Y]. The zero-order chi connectivity index (χ0) is 29.1. The predicted octanol–water partition coefficient (Wildman–Crippen LogP) is -0.275. The zero-order valence-electron chi connectivity index (χ0n) is 23.1. The minimum absolute atomic E-state index is 0. The molecule has 2 saturated heterocycles. The summed E-state index contributed by atoms with van der Waals surface area (Å²) < 4.78 is 30.1. The average Bonchev–Trinajstić information content (AvgIpc) is 3.41. The fourth-order valence-corrected chi connectivity index (χ4v) is 2.20. The molecule has 223 valence electrons. The van der Waals surface area contributed by atoms with E-state index in [9.17, 15) is 14.4 Å². The molecule has 40 heavy (non-hydrogen) atoms. The number of hydrogen-bond donors (Lipinski definition) is 4. The van der Waals surface area contributed by atoms with Gasteiger partial charge in [-0.25, -0.2) is 0 Å². The Morgan fingerprint density at radius 1 is 0.850 bits per heavy atom. The molecule has 13 nitrogen and oxygen atoms in total. The van der Waals surface area contributed by atoms with Crippen molar-refractivity contribution in [1.29, 1.82) is 0 Å². The summed E-state index contributed by atoms with van der Waals surface area (Å²) in [4.78, 5) is 30.1. The maximum Gasteiger partial charge on any atom is 0.167 e. The van der Waals surface area contributed by atoms with Crippen molar-refractivity contribution >= 4 is 17.9 Å². The Hall–Kier alpha value is 0.662. The van der Waals surface area contributed by atoms with Crippen molar-refractivity contribution < 1.29 is 161 Å². The van der Waals surface area contributed by atoms with E-state index < -0.39 is 42.2 Å². The Morgan fingerprint density at radius 2 is 1.25 bits per heavy atom. The van der Waals surface area contributed by atoms with Crippen molar-refractivity contribution in [3.63, 3.8) is 0 Å². The maximum atomic E-state index is 10.6. The molecule has 2 fully saturated rings. The molecule has 0 aromatic carbocycles. The smallest absolute Gasteiger partial charge is 0.167 e.